The maximum absolute atomic E-state index is 13.6. The number of aromatic nitrogens is 1. The third kappa shape index (κ3) is 3.21. The number of hydrogen-bond acceptors (Lipinski definition) is 3. The molecular formula is C18H16FN3O2S. The van der Waals surface area contributed by atoms with Crippen LogP contribution in [0.4, 0.5) is 10.1 Å². The molecule has 0 saturated carbocycles. The van der Waals surface area contributed by atoms with Gasteiger partial charge in [0.05, 0.1) is 23.0 Å². The molecule has 128 valence electrons. The Kier molecular flexibility index (Phi) is 4.23. The zero-order valence-electron chi connectivity index (χ0n) is 13.7. The van der Waals surface area contributed by atoms with E-state index < -0.39 is 15.8 Å². The van der Waals surface area contributed by atoms with Crippen molar-refractivity contribution in [1.29, 1.82) is 5.26 Å². The first-order valence-corrected chi connectivity index (χ1v) is 9.53. The number of fused-ring (bicyclic) bond motifs is 1. The maximum atomic E-state index is 13.6. The van der Waals surface area contributed by atoms with E-state index in [1.54, 1.807) is 30.3 Å². The molecule has 0 fully saturated rings. The summed E-state index contributed by atoms with van der Waals surface area (Å²) in [5.74, 6) is -0.392. The van der Waals surface area contributed by atoms with Crippen LogP contribution in [0.3, 0.4) is 0 Å². The van der Waals surface area contributed by atoms with Crippen molar-refractivity contribution in [3.8, 4) is 17.3 Å². The predicted octanol–water partition coefficient (Wildman–Crippen LogP) is 3.71. The van der Waals surface area contributed by atoms with Crippen LogP contribution in [0.1, 0.15) is 12.5 Å². The zero-order chi connectivity index (χ0) is 18.2. The van der Waals surface area contributed by atoms with Gasteiger partial charge in [-0.1, -0.05) is 12.1 Å². The van der Waals surface area contributed by atoms with Gasteiger partial charge in [-0.25, -0.2) is 12.8 Å². The van der Waals surface area contributed by atoms with Gasteiger partial charge in [0.1, 0.15) is 11.9 Å². The Morgan fingerprint density at radius 2 is 1.88 bits per heavy atom. The molecule has 1 N–H and O–H groups in total. The van der Waals surface area contributed by atoms with E-state index in [-0.39, 0.29) is 0 Å². The minimum Gasteiger partial charge on any atom is -0.340 e. The van der Waals surface area contributed by atoms with Crippen LogP contribution in [0.15, 0.2) is 42.5 Å². The second kappa shape index (κ2) is 6.22. The molecule has 0 aliphatic heterocycles. The minimum absolute atomic E-state index is 0.392. The fourth-order valence-corrected chi connectivity index (χ4v) is 3.54. The molecule has 0 saturated heterocycles. The summed E-state index contributed by atoms with van der Waals surface area (Å²) in [6, 6.07) is 13.3. The van der Waals surface area contributed by atoms with Gasteiger partial charge in [0.15, 0.2) is 0 Å². The van der Waals surface area contributed by atoms with Gasteiger partial charge in [0.2, 0.25) is 10.0 Å². The molecule has 0 spiro atoms. The van der Waals surface area contributed by atoms with Crippen molar-refractivity contribution >= 4 is 26.6 Å². The molecule has 25 heavy (non-hydrogen) atoms. The van der Waals surface area contributed by atoms with E-state index in [4.69, 9.17) is 0 Å². The van der Waals surface area contributed by atoms with E-state index in [1.807, 2.05) is 11.5 Å². The second-order valence-corrected chi connectivity index (χ2v) is 7.44. The van der Waals surface area contributed by atoms with Gasteiger partial charge in [0.25, 0.3) is 0 Å². The number of sulfonamides is 1. The van der Waals surface area contributed by atoms with Crippen LogP contribution in [0.25, 0.3) is 22.2 Å². The fourth-order valence-electron chi connectivity index (χ4n) is 2.98. The van der Waals surface area contributed by atoms with Gasteiger partial charge in [0, 0.05) is 17.6 Å². The third-order valence-electron chi connectivity index (χ3n) is 3.92. The van der Waals surface area contributed by atoms with Crippen LogP contribution < -0.4 is 4.72 Å². The molecule has 0 bridgehead atoms. The standard InChI is InChI=1S/C18H16FN3O2S/c1-3-22-17-9-6-13(19)10-15(17)16(11-20)18(22)12-4-7-14(8-5-12)21-25(2,23)24/h4-10,21H,3H2,1-2H3. The van der Waals surface area contributed by atoms with Crippen LogP contribution >= 0.6 is 0 Å². The highest BCUT2D eigenvalue weighted by Gasteiger charge is 2.18. The van der Waals surface area contributed by atoms with E-state index in [1.165, 1.54) is 12.1 Å². The molecule has 3 aromatic rings. The van der Waals surface area contributed by atoms with Crippen LogP contribution in [-0.2, 0) is 16.6 Å². The average molecular weight is 357 g/mol. The summed E-state index contributed by atoms with van der Waals surface area (Å²) in [7, 11) is -3.35. The topological polar surface area (TPSA) is 74.9 Å². The Hall–Kier alpha value is -2.85. The quantitative estimate of drug-likeness (QED) is 0.773. The number of anilines is 1. The average Bonchev–Trinajstić information content (AvgIpc) is 2.86. The van der Waals surface area contributed by atoms with Crippen molar-refractivity contribution in [1.82, 2.24) is 4.57 Å². The highest BCUT2D eigenvalue weighted by Crippen LogP contribution is 2.34. The van der Waals surface area contributed by atoms with Crippen molar-refractivity contribution in [3.63, 3.8) is 0 Å². The molecule has 0 amide bonds. The lowest BCUT2D eigenvalue weighted by atomic mass is 10.1. The van der Waals surface area contributed by atoms with Crippen LogP contribution in [-0.4, -0.2) is 19.2 Å². The van der Waals surface area contributed by atoms with Gasteiger partial charge in [-0.2, -0.15) is 5.26 Å². The monoisotopic (exact) mass is 357 g/mol. The SMILES string of the molecule is CCn1c(-c2ccc(NS(C)(=O)=O)cc2)c(C#N)c2cc(F)ccc21. The summed E-state index contributed by atoms with van der Waals surface area (Å²) < 4.78 is 40.6. The Balaban J connectivity index is 2.20. The summed E-state index contributed by atoms with van der Waals surface area (Å²) in [5, 5.41) is 10.2. The molecule has 2 aromatic carbocycles. The van der Waals surface area contributed by atoms with Crippen LogP contribution in [0, 0.1) is 17.1 Å². The van der Waals surface area contributed by atoms with Crippen molar-refractivity contribution < 1.29 is 12.8 Å². The smallest absolute Gasteiger partial charge is 0.229 e. The first-order chi connectivity index (χ1) is 11.8. The third-order valence-corrected chi connectivity index (χ3v) is 4.52. The first kappa shape index (κ1) is 17.0. The van der Waals surface area contributed by atoms with Gasteiger partial charge in [-0.15, -0.1) is 0 Å². The number of halogens is 1. The minimum atomic E-state index is -3.35. The summed E-state index contributed by atoms with van der Waals surface area (Å²) in [4.78, 5) is 0. The van der Waals surface area contributed by atoms with Gasteiger partial charge >= 0.3 is 0 Å². The normalized spacial score (nSPS) is 11.4. The van der Waals surface area contributed by atoms with E-state index in [0.717, 1.165) is 17.3 Å². The highest BCUT2D eigenvalue weighted by atomic mass is 32.2. The molecule has 0 radical (unpaired) electrons. The molecule has 7 heteroatoms. The van der Waals surface area contributed by atoms with E-state index in [2.05, 4.69) is 10.8 Å². The van der Waals surface area contributed by atoms with E-state index in [0.29, 0.717) is 28.9 Å². The number of nitrogens with one attached hydrogen (secondary N) is 1. The summed E-state index contributed by atoms with van der Waals surface area (Å²) in [6.45, 7) is 2.56. The molecule has 3 rings (SSSR count). The van der Waals surface area contributed by atoms with Crippen LogP contribution in [0.5, 0.6) is 0 Å². The molecule has 5 nitrogen and oxygen atoms in total. The Bertz CT molecular complexity index is 1090. The lowest BCUT2D eigenvalue weighted by Crippen LogP contribution is -2.09. The number of aryl methyl sites for hydroxylation is 1. The van der Waals surface area contributed by atoms with Crippen molar-refractivity contribution in [2.75, 3.05) is 11.0 Å². The van der Waals surface area contributed by atoms with Crippen LogP contribution in [0.2, 0.25) is 0 Å². The molecule has 0 unspecified atom stereocenters. The Morgan fingerprint density at radius 3 is 2.44 bits per heavy atom. The Morgan fingerprint density at radius 1 is 1.20 bits per heavy atom. The van der Waals surface area contributed by atoms with Crippen molar-refractivity contribution in [3.05, 3.63) is 53.8 Å². The number of nitriles is 1. The molecular weight excluding hydrogens is 341 g/mol. The fraction of sp³-hybridized carbons (Fsp3) is 0.167. The first-order valence-electron chi connectivity index (χ1n) is 7.64. The number of nitrogens with zero attached hydrogens (tertiary/aromatic N) is 2. The highest BCUT2D eigenvalue weighted by molar-refractivity contribution is 7.92. The van der Waals surface area contributed by atoms with Gasteiger partial charge in [-0.3, -0.25) is 4.72 Å². The summed E-state index contributed by atoms with van der Waals surface area (Å²) in [6.07, 6.45) is 1.08. The Labute approximate surface area is 145 Å². The van der Waals surface area contributed by atoms with Crippen molar-refractivity contribution in [2.24, 2.45) is 0 Å². The second-order valence-electron chi connectivity index (χ2n) is 5.69. The predicted molar refractivity (Wildman–Crippen MR) is 96.2 cm³/mol. The van der Waals surface area contributed by atoms with Crippen molar-refractivity contribution in [2.45, 2.75) is 13.5 Å². The largest absolute Gasteiger partial charge is 0.340 e. The lowest BCUT2D eigenvalue weighted by molar-refractivity contribution is 0.607. The maximum Gasteiger partial charge on any atom is 0.229 e. The van der Waals surface area contributed by atoms with E-state index in [9.17, 15) is 18.1 Å². The summed E-state index contributed by atoms with van der Waals surface area (Å²) in [5.41, 5.74) is 3.08. The molecule has 0 aliphatic rings. The van der Waals surface area contributed by atoms with Gasteiger partial charge < -0.3 is 4.57 Å². The lowest BCUT2D eigenvalue weighted by Gasteiger charge is -2.10. The molecule has 0 atom stereocenters. The molecule has 1 heterocycles. The number of rotatable bonds is 4. The van der Waals surface area contributed by atoms with Gasteiger partial charge in [-0.05, 0) is 42.8 Å². The number of hydrogen-bond donors (Lipinski definition) is 1. The number of benzene rings is 2. The molecule has 0 aliphatic carbocycles. The molecule has 1 aromatic heterocycles. The summed E-state index contributed by atoms with van der Waals surface area (Å²) >= 11 is 0. The zero-order valence-corrected chi connectivity index (χ0v) is 14.6. The van der Waals surface area contributed by atoms with E-state index >= 15 is 0 Å².